The Hall–Kier alpha value is -2.97. The normalized spacial score (nSPS) is 11.2. The molecule has 144 valence electrons. The van der Waals surface area contributed by atoms with Gasteiger partial charge in [0.25, 0.3) is 5.69 Å². The van der Waals surface area contributed by atoms with Crippen LogP contribution in [0.25, 0.3) is 0 Å². The maximum absolute atomic E-state index is 10.8. The number of para-hydroxylation sites is 1. The van der Waals surface area contributed by atoms with Crippen molar-refractivity contribution < 1.29 is 10.0 Å². The van der Waals surface area contributed by atoms with Gasteiger partial charge < -0.3 is 5.11 Å². The van der Waals surface area contributed by atoms with Gasteiger partial charge in [-0.25, -0.2) is 0 Å². The van der Waals surface area contributed by atoms with Gasteiger partial charge >= 0.3 is 0 Å². The van der Waals surface area contributed by atoms with E-state index in [1.807, 2.05) is 38.1 Å². The smallest absolute Gasteiger partial charge is 0.269 e. The molecule has 28 heavy (non-hydrogen) atoms. The number of nitro benzene ring substituents is 1. The first-order chi connectivity index (χ1) is 13.5. The molecule has 0 aliphatic heterocycles. The first kappa shape index (κ1) is 19.8. The first-order valence-electron chi connectivity index (χ1n) is 8.70. The Balaban J connectivity index is 1.85. The molecule has 0 saturated heterocycles. The summed E-state index contributed by atoms with van der Waals surface area (Å²) < 4.78 is 1.81. The van der Waals surface area contributed by atoms with Crippen molar-refractivity contribution in [2.45, 2.75) is 30.2 Å². The fourth-order valence-corrected chi connectivity index (χ4v) is 3.76. The molecule has 0 unspecified atom stereocenters. The Morgan fingerprint density at radius 2 is 1.93 bits per heavy atom. The lowest BCUT2D eigenvalue weighted by atomic mass is 10.2. The highest BCUT2D eigenvalue weighted by molar-refractivity contribution is 7.99. The lowest BCUT2D eigenvalue weighted by molar-refractivity contribution is -0.384. The second-order valence-electron chi connectivity index (χ2n) is 6.12. The number of nitrogens with zero attached hydrogens (tertiary/aromatic N) is 4. The summed E-state index contributed by atoms with van der Waals surface area (Å²) in [5.41, 5.74) is 3.56. The van der Waals surface area contributed by atoms with Crippen LogP contribution in [0.15, 0.2) is 63.3 Å². The van der Waals surface area contributed by atoms with Crippen LogP contribution in [0.2, 0.25) is 0 Å². The number of aromatic nitrogens is 2. The molecule has 0 aliphatic rings. The SMILES string of the molecule is Cc1nn(CCO)c(C)c1Sc1ccccc1N=Cc1ccc([N+](=O)[O-])cc1. The van der Waals surface area contributed by atoms with Crippen molar-refractivity contribution in [3.05, 3.63) is 75.6 Å². The summed E-state index contributed by atoms with van der Waals surface area (Å²) in [6.07, 6.45) is 1.69. The summed E-state index contributed by atoms with van der Waals surface area (Å²) in [6, 6.07) is 14.1. The molecule has 2 aromatic carbocycles. The van der Waals surface area contributed by atoms with Crippen LogP contribution in [0.5, 0.6) is 0 Å². The number of aliphatic hydroxyl groups is 1. The molecule has 1 aromatic heterocycles. The van der Waals surface area contributed by atoms with E-state index >= 15 is 0 Å². The number of hydrogen-bond acceptors (Lipinski definition) is 6. The van der Waals surface area contributed by atoms with E-state index in [0.29, 0.717) is 6.54 Å². The summed E-state index contributed by atoms with van der Waals surface area (Å²) in [7, 11) is 0. The third kappa shape index (κ3) is 4.47. The number of nitro groups is 1. The highest BCUT2D eigenvalue weighted by Crippen LogP contribution is 2.38. The van der Waals surface area contributed by atoms with Gasteiger partial charge in [0.05, 0.1) is 34.4 Å². The van der Waals surface area contributed by atoms with E-state index in [9.17, 15) is 15.2 Å². The van der Waals surface area contributed by atoms with Crippen molar-refractivity contribution in [3.63, 3.8) is 0 Å². The Labute approximate surface area is 166 Å². The van der Waals surface area contributed by atoms with Crippen LogP contribution in [0, 0.1) is 24.0 Å². The van der Waals surface area contributed by atoms with E-state index < -0.39 is 4.92 Å². The van der Waals surface area contributed by atoms with Crippen LogP contribution in [0.4, 0.5) is 11.4 Å². The van der Waals surface area contributed by atoms with Gasteiger partial charge in [-0.2, -0.15) is 5.10 Å². The molecule has 7 nitrogen and oxygen atoms in total. The molecule has 1 heterocycles. The maximum Gasteiger partial charge on any atom is 0.269 e. The Kier molecular flexibility index (Phi) is 6.23. The Morgan fingerprint density at radius 3 is 2.61 bits per heavy atom. The fourth-order valence-electron chi connectivity index (χ4n) is 2.73. The lowest BCUT2D eigenvalue weighted by Gasteiger charge is -2.06. The highest BCUT2D eigenvalue weighted by Gasteiger charge is 2.14. The van der Waals surface area contributed by atoms with Gasteiger partial charge in [-0.3, -0.25) is 19.8 Å². The minimum atomic E-state index is -0.422. The van der Waals surface area contributed by atoms with Crippen LogP contribution >= 0.6 is 11.8 Å². The van der Waals surface area contributed by atoms with Crippen LogP contribution in [0.3, 0.4) is 0 Å². The summed E-state index contributed by atoms with van der Waals surface area (Å²) in [5, 5.41) is 24.4. The largest absolute Gasteiger partial charge is 0.394 e. The average molecular weight is 396 g/mol. The average Bonchev–Trinajstić information content (AvgIpc) is 2.95. The number of non-ortho nitro benzene ring substituents is 1. The van der Waals surface area contributed by atoms with E-state index in [0.717, 1.165) is 32.4 Å². The van der Waals surface area contributed by atoms with Gasteiger partial charge in [0.2, 0.25) is 0 Å². The van der Waals surface area contributed by atoms with Gasteiger partial charge in [-0.1, -0.05) is 23.9 Å². The molecule has 0 atom stereocenters. The van der Waals surface area contributed by atoms with Gasteiger partial charge in [0, 0.05) is 28.9 Å². The molecule has 0 radical (unpaired) electrons. The summed E-state index contributed by atoms with van der Waals surface area (Å²) >= 11 is 1.59. The fraction of sp³-hybridized carbons (Fsp3) is 0.200. The topological polar surface area (TPSA) is 93.5 Å². The van der Waals surface area contributed by atoms with Crippen molar-refractivity contribution in [1.82, 2.24) is 9.78 Å². The van der Waals surface area contributed by atoms with E-state index in [1.165, 1.54) is 12.1 Å². The number of benzene rings is 2. The molecule has 0 spiro atoms. The predicted octanol–water partition coefficient (Wildman–Crippen LogP) is 4.30. The second kappa shape index (κ2) is 8.81. The standard InChI is InChI=1S/C20H20N4O3S/c1-14-20(15(2)23(22-14)11-12-25)28-19-6-4-3-5-18(19)21-13-16-7-9-17(10-8-16)24(26)27/h3-10,13,25H,11-12H2,1-2H3. The number of aliphatic imine (C=N–C) groups is 1. The molecule has 1 N–H and O–H groups in total. The van der Waals surface area contributed by atoms with E-state index in [4.69, 9.17) is 0 Å². The molecular weight excluding hydrogens is 376 g/mol. The summed E-state index contributed by atoms with van der Waals surface area (Å²) in [5.74, 6) is 0. The number of aliphatic hydroxyl groups excluding tert-OH is 1. The van der Waals surface area contributed by atoms with Crippen molar-refractivity contribution >= 4 is 29.4 Å². The first-order valence-corrected chi connectivity index (χ1v) is 9.51. The maximum atomic E-state index is 10.8. The zero-order valence-corrected chi connectivity index (χ0v) is 16.4. The lowest BCUT2D eigenvalue weighted by Crippen LogP contribution is -2.05. The van der Waals surface area contributed by atoms with Crippen molar-refractivity contribution in [2.24, 2.45) is 4.99 Å². The van der Waals surface area contributed by atoms with Crippen LogP contribution < -0.4 is 0 Å². The zero-order valence-electron chi connectivity index (χ0n) is 15.6. The van der Waals surface area contributed by atoms with Crippen molar-refractivity contribution in [1.29, 1.82) is 0 Å². The van der Waals surface area contributed by atoms with E-state index in [1.54, 1.807) is 34.8 Å². The molecule has 0 aliphatic carbocycles. The van der Waals surface area contributed by atoms with E-state index in [-0.39, 0.29) is 12.3 Å². The summed E-state index contributed by atoms with van der Waals surface area (Å²) in [6.45, 7) is 4.45. The number of aryl methyl sites for hydroxylation is 1. The predicted molar refractivity (Wildman–Crippen MR) is 110 cm³/mol. The van der Waals surface area contributed by atoms with Gasteiger partial charge in [-0.05, 0) is 43.7 Å². The summed E-state index contributed by atoms with van der Waals surface area (Å²) in [4.78, 5) is 16.9. The van der Waals surface area contributed by atoms with Crippen molar-refractivity contribution in [2.75, 3.05) is 6.61 Å². The molecule has 0 fully saturated rings. The quantitative estimate of drug-likeness (QED) is 0.365. The van der Waals surface area contributed by atoms with Gasteiger partial charge in [0.15, 0.2) is 0 Å². The van der Waals surface area contributed by atoms with Crippen LogP contribution in [-0.2, 0) is 6.54 Å². The van der Waals surface area contributed by atoms with Gasteiger partial charge in [-0.15, -0.1) is 0 Å². The Bertz CT molecular complexity index is 1010. The number of rotatable bonds is 7. The zero-order chi connectivity index (χ0) is 20.1. The minimum absolute atomic E-state index is 0.0438. The molecule has 8 heteroatoms. The van der Waals surface area contributed by atoms with Crippen molar-refractivity contribution in [3.8, 4) is 0 Å². The minimum Gasteiger partial charge on any atom is -0.394 e. The molecule has 3 aromatic rings. The highest BCUT2D eigenvalue weighted by atomic mass is 32.2. The van der Waals surface area contributed by atoms with Gasteiger partial charge in [0.1, 0.15) is 0 Å². The van der Waals surface area contributed by atoms with Crippen LogP contribution in [-0.4, -0.2) is 32.6 Å². The molecule has 0 saturated carbocycles. The molecular formula is C20H20N4O3S. The number of hydrogen-bond donors (Lipinski definition) is 1. The second-order valence-corrected chi connectivity index (χ2v) is 7.18. The third-order valence-corrected chi connectivity index (χ3v) is 5.52. The molecule has 0 amide bonds. The van der Waals surface area contributed by atoms with Crippen LogP contribution in [0.1, 0.15) is 17.0 Å². The molecule has 3 rings (SSSR count). The third-order valence-electron chi connectivity index (χ3n) is 4.16. The monoisotopic (exact) mass is 396 g/mol. The molecule has 0 bridgehead atoms. The van der Waals surface area contributed by atoms with E-state index in [2.05, 4.69) is 10.1 Å². The Morgan fingerprint density at radius 1 is 1.21 bits per heavy atom.